The molecule has 0 saturated carbocycles. The number of aliphatic hydroxyl groups is 2. The number of aryl methyl sites for hydroxylation is 2. The highest BCUT2D eigenvalue weighted by Gasteiger charge is 2.47. The van der Waals surface area contributed by atoms with Gasteiger partial charge in [0.05, 0.1) is 19.3 Å². The summed E-state index contributed by atoms with van der Waals surface area (Å²) in [6, 6.07) is 9.35. The highest BCUT2D eigenvalue weighted by Crippen LogP contribution is 2.28. The fraction of sp³-hybridized carbons (Fsp3) is 0.544. The first-order valence-electron chi connectivity index (χ1n) is 27.3. The van der Waals surface area contributed by atoms with E-state index < -0.39 is 126 Å². The molecule has 1 fully saturated rings. The maximum atomic E-state index is 15.1. The molecule has 10 N–H and O–H groups in total. The van der Waals surface area contributed by atoms with Crippen LogP contribution in [0.2, 0.25) is 0 Å². The number of ether oxygens (including phenoxy) is 2. The van der Waals surface area contributed by atoms with Crippen molar-refractivity contribution in [3.63, 3.8) is 0 Å². The number of aliphatic hydroxyl groups excluding tert-OH is 2. The number of benzene rings is 3. The number of phenols is 2. The molecule has 0 bridgehead atoms. The molecule has 3 aromatic rings. The first-order chi connectivity index (χ1) is 38.8. The molecule has 0 aliphatic carbocycles. The van der Waals surface area contributed by atoms with E-state index in [2.05, 4.69) is 30.8 Å². The lowest BCUT2D eigenvalue weighted by atomic mass is 9.91. The summed E-state index contributed by atoms with van der Waals surface area (Å²) in [5.74, 6) is -6.68. The van der Waals surface area contributed by atoms with Gasteiger partial charge < -0.3 is 66.3 Å². The van der Waals surface area contributed by atoms with Crippen molar-refractivity contribution in [1.29, 1.82) is 0 Å². The quantitative estimate of drug-likeness (QED) is 0.0398. The SMILES string of the molecule is CCC(C)C(NC(=O)C(Cc1ccc(OC)cc1)N(C)C(=O)C(C(C)CC)N1C(=O)C(NC(=O)C(CCc2ccc(O)cc2)NC(=O)C(NC(=O)C(CCc2ccc(O)cc2)NC(=O)C(COS(=O)O)OC)C(C)O)CCC1O)C(C)=O. The summed E-state index contributed by atoms with van der Waals surface area (Å²) in [5.41, 5.74) is 1.91. The van der Waals surface area contributed by atoms with Crippen LogP contribution in [-0.4, -0.2) is 175 Å². The Bertz CT molecular complexity index is 2650. The molecule has 1 aliphatic heterocycles. The van der Waals surface area contributed by atoms with Crippen LogP contribution in [0, 0.1) is 11.8 Å². The zero-order chi connectivity index (χ0) is 61.0. The van der Waals surface area contributed by atoms with Crippen LogP contribution in [0.3, 0.4) is 0 Å². The van der Waals surface area contributed by atoms with E-state index in [9.17, 15) is 58.2 Å². The van der Waals surface area contributed by atoms with E-state index >= 15 is 4.79 Å². The highest BCUT2D eigenvalue weighted by atomic mass is 32.2. The van der Waals surface area contributed by atoms with Gasteiger partial charge in [0.2, 0.25) is 35.4 Å². The van der Waals surface area contributed by atoms with Gasteiger partial charge in [0, 0.05) is 20.6 Å². The van der Waals surface area contributed by atoms with Gasteiger partial charge in [0.1, 0.15) is 66.3 Å². The van der Waals surface area contributed by atoms with Crippen LogP contribution in [0.5, 0.6) is 17.2 Å². The van der Waals surface area contributed by atoms with Gasteiger partial charge in [0.25, 0.3) is 5.91 Å². The second kappa shape index (κ2) is 32.6. The number of ketones is 1. The summed E-state index contributed by atoms with van der Waals surface area (Å²) in [4.78, 5) is 116. The number of hydrogen-bond donors (Lipinski definition) is 10. The number of hydrogen-bond acceptors (Lipinski definition) is 16. The smallest absolute Gasteiger partial charge is 0.302 e. The zero-order valence-electron chi connectivity index (χ0n) is 47.9. The molecule has 0 spiro atoms. The lowest BCUT2D eigenvalue weighted by Crippen LogP contribution is -2.66. The predicted molar refractivity (Wildman–Crippen MR) is 300 cm³/mol. The number of rotatable bonds is 32. The summed E-state index contributed by atoms with van der Waals surface area (Å²) in [6.45, 7) is 9.09. The lowest BCUT2D eigenvalue weighted by molar-refractivity contribution is -0.168. The number of phenolic OH excluding ortho intramolecular Hbond substituents is 2. The number of nitrogens with one attached hydrogen (secondary N) is 5. The average Bonchev–Trinajstić information content (AvgIpc) is 3.66. The van der Waals surface area contributed by atoms with Crippen LogP contribution < -0.4 is 31.3 Å². The minimum Gasteiger partial charge on any atom is -0.508 e. The van der Waals surface area contributed by atoms with E-state index in [0.29, 0.717) is 35.3 Å². The fourth-order valence-corrected chi connectivity index (χ4v) is 9.66. The van der Waals surface area contributed by atoms with Gasteiger partial charge in [0.15, 0.2) is 11.9 Å². The normalized spacial score (nSPS) is 18.3. The third kappa shape index (κ3) is 19.6. The second-order valence-electron chi connectivity index (χ2n) is 20.7. The Morgan fingerprint density at radius 3 is 1.71 bits per heavy atom. The monoisotopic (exact) mass is 1170 g/mol. The average molecular weight is 1170 g/mol. The topological polar surface area (TPSA) is 349 Å². The Morgan fingerprint density at radius 1 is 0.707 bits per heavy atom. The number of piperidine rings is 1. The van der Waals surface area contributed by atoms with Crippen LogP contribution in [0.25, 0.3) is 0 Å². The first-order valence-corrected chi connectivity index (χ1v) is 28.3. The first kappa shape index (κ1) is 67.5. The number of carbonyl (C=O) groups is 8. The lowest BCUT2D eigenvalue weighted by Gasteiger charge is -2.44. The molecular formula is C57H81N7O17S. The number of Topliss-reactive ketones (excluding diaryl/α,β-unsaturated/α-hetero) is 1. The fourth-order valence-electron chi connectivity index (χ4n) is 9.42. The molecule has 7 amide bonds. The largest absolute Gasteiger partial charge is 0.508 e. The molecule has 1 aliphatic rings. The van der Waals surface area contributed by atoms with Gasteiger partial charge in [-0.3, -0.25) is 47.1 Å². The Hall–Kier alpha value is -7.03. The van der Waals surface area contributed by atoms with Gasteiger partial charge in [-0.25, -0.2) is 0 Å². The molecule has 13 unspecified atom stereocenters. The molecule has 1 heterocycles. The summed E-state index contributed by atoms with van der Waals surface area (Å²) in [7, 11) is 4.04. The van der Waals surface area contributed by atoms with Gasteiger partial charge >= 0.3 is 11.4 Å². The third-order valence-electron chi connectivity index (χ3n) is 14.8. The van der Waals surface area contributed by atoms with Gasteiger partial charge in [-0.15, -0.1) is 0 Å². The summed E-state index contributed by atoms with van der Waals surface area (Å²) in [5, 5.41) is 55.5. The van der Waals surface area contributed by atoms with E-state index in [0.717, 1.165) is 12.0 Å². The van der Waals surface area contributed by atoms with E-state index in [1.165, 1.54) is 57.2 Å². The van der Waals surface area contributed by atoms with E-state index in [4.69, 9.17) is 14.0 Å². The minimum absolute atomic E-state index is 0.0116. The van der Waals surface area contributed by atoms with Crippen molar-refractivity contribution in [2.45, 2.75) is 160 Å². The maximum Gasteiger partial charge on any atom is 0.302 e. The zero-order valence-corrected chi connectivity index (χ0v) is 48.7. The number of amides is 7. The predicted octanol–water partition coefficient (Wildman–Crippen LogP) is 1.71. The molecule has 25 heteroatoms. The Kier molecular flexibility index (Phi) is 26.8. The number of nitrogens with zero attached hydrogens (tertiary/aromatic N) is 2. The standard InChI is InChI=1S/C57H81N7O17S/c1-10-32(3)48(34(5)65)61-53(72)45(30-38-16-24-41(79-8)25-17-38)63(7)57(76)50(33(4)11-2)64-47(69)29-28-44(56(64)75)60-51(70)42(26-18-36-12-20-39(67)21-13-36)59-55(74)49(35(6)66)62-52(71)43(27-19-37-14-22-40(68)23-15-37)58-54(73)46(80-9)31-81-82(77)78/h12-17,20-25,32-33,35,42-50,66-69H,10-11,18-19,26-31H2,1-9H3,(H,58,73)(H,59,74)(H,60,70)(H,61,72)(H,62,71)(H,77,78). The number of likely N-dealkylation sites (tertiary alicyclic amines) is 1. The molecule has 1 saturated heterocycles. The molecule has 24 nitrogen and oxygen atoms in total. The Balaban J connectivity index is 1.65. The van der Waals surface area contributed by atoms with Crippen molar-refractivity contribution in [3.05, 3.63) is 89.5 Å². The number of methoxy groups -OCH3 is 2. The molecule has 0 aromatic heterocycles. The summed E-state index contributed by atoms with van der Waals surface area (Å²) >= 11 is -2.76. The number of aromatic hydroxyl groups is 2. The van der Waals surface area contributed by atoms with Crippen LogP contribution in [0.15, 0.2) is 72.8 Å². The molecular weight excluding hydrogens is 1090 g/mol. The maximum absolute atomic E-state index is 15.1. The van der Waals surface area contributed by atoms with E-state index in [1.807, 2.05) is 13.8 Å². The van der Waals surface area contributed by atoms with E-state index in [-0.39, 0.29) is 68.1 Å². The summed E-state index contributed by atoms with van der Waals surface area (Å²) in [6.07, 6.45) is -3.97. The van der Waals surface area contributed by atoms with Crippen molar-refractivity contribution in [1.82, 2.24) is 36.4 Å². The van der Waals surface area contributed by atoms with Gasteiger partial charge in [-0.05, 0) is 117 Å². The van der Waals surface area contributed by atoms with Crippen molar-refractivity contribution in [2.24, 2.45) is 11.8 Å². The second-order valence-corrected chi connectivity index (χ2v) is 21.3. The third-order valence-corrected chi connectivity index (χ3v) is 15.2. The molecule has 452 valence electrons. The van der Waals surface area contributed by atoms with Crippen molar-refractivity contribution >= 4 is 58.5 Å². The van der Waals surface area contributed by atoms with Crippen LogP contribution in [0.4, 0.5) is 0 Å². The molecule has 13 atom stereocenters. The van der Waals surface area contributed by atoms with Crippen molar-refractivity contribution in [3.8, 4) is 17.2 Å². The summed E-state index contributed by atoms with van der Waals surface area (Å²) < 4.78 is 35.4. The van der Waals surface area contributed by atoms with Crippen LogP contribution >= 0.6 is 0 Å². The minimum atomic E-state index is -2.76. The molecule has 4 rings (SSSR count). The molecule has 3 aromatic carbocycles. The highest BCUT2D eigenvalue weighted by molar-refractivity contribution is 7.74. The van der Waals surface area contributed by atoms with Crippen molar-refractivity contribution < 1.29 is 81.2 Å². The molecule has 82 heavy (non-hydrogen) atoms. The van der Waals surface area contributed by atoms with Crippen LogP contribution in [-0.2, 0) is 77.9 Å². The van der Waals surface area contributed by atoms with Crippen LogP contribution in [0.1, 0.15) is 96.8 Å². The van der Waals surface area contributed by atoms with Crippen molar-refractivity contribution in [2.75, 3.05) is 27.9 Å². The Morgan fingerprint density at radius 2 is 1.22 bits per heavy atom. The molecule has 0 radical (unpaired) electrons. The van der Waals surface area contributed by atoms with E-state index in [1.54, 1.807) is 62.4 Å². The number of likely N-dealkylation sites (N-methyl/N-ethyl adjacent to an activating group) is 1. The van der Waals surface area contributed by atoms with Gasteiger partial charge in [-0.1, -0.05) is 76.9 Å². The Labute approximate surface area is 480 Å². The van der Waals surface area contributed by atoms with Gasteiger partial charge in [-0.2, -0.15) is 4.21 Å². The number of carbonyl (C=O) groups excluding carboxylic acids is 8.